The Morgan fingerprint density at radius 3 is 2.19 bits per heavy atom. The Bertz CT molecular complexity index is 1010. The molecule has 10 heteroatoms. The maximum Gasteiger partial charge on any atom is 0.257 e. The molecule has 2 aromatic rings. The van der Waals surface area contributed by atoms with E-state index in [2.05, 4.69) is 5.32 Å². The quantitative estimate of drug-likeness (QED) is 0.617. The molecule has 1 aliphatic rings. The van der Waals surface area contributed by atoms with Gasteiger partial charge in [-0.15, -0.1) is 0 Å². The third kappa shape index (κ3) is 4.36. The van der Waals surface area contributed by atoms with Crippen LogP contribution >= 0.6 is 46.4 Å². The van der Waals surface area contributed by atoms with Crippen molar-refractivity contribution >= 4 is 68.0 Å². The maximum absolute atomic E-state index is 12.7. The van der Waals surface area contributed by atoms with Gasteiger partial charge in [0.25, 0.3) is 5.91 Å². The smallest absolute Gasteiger partial charge is 0.257 e. The lowest BCUT2D eigenvalue weighted by atomic mass is 10.2. The summed E-state index contributed by atoms with van der Waals surface area (Å²) in [5.74, 6) is -0.612. The molecule has 2 aromatic carbocycles. The van der Waals surface area contributed by atoms with E-state index in [9.17, 15) is 13.2 Å². The van der Waals surface area contributed by atoms with Crippen molar-refractivity contribution in [3.63, 3.8) is 0 Å². The molecule has 27 heavy (non-hydrogen) atoms. The van der Waals surface area contributed by atoms with Crippen LogP contribution in [0.3, 0.4) is 0 Å². The first-order valence-corrected chi connectivity index (χ1v) is 10.9. The molecule has 3 rings (SSSR count). The molecular weight excluding hydrogens is 454 g/mol. The van der Waals surface area contributed by atoms with Crippen molar-refractivity contribution in [2.45, 2.75) is 17.7 Å². The third-order valence-electron chi connectivity index (χ3n) is 4.14. The number of carbonyl (C=O) groups is 1. The molecule has 0 spiro atoms. The number of benzene rings is 2. The second kappa shape index (κ2) is 8.15. The fraction of sp³-hybridized carbons (Fsp3) is 0.235. The number of anilines is 1. The number of hydrogen-bond acceptors (Lipinski definition) is 3. The predicted octanol–water partition coefficient (Wildman–Crippen LogP) is 5.34. The number of rotatable bonds is 4. The summed E-state index contributed by atoms with van der Waals surface area (Å²) in [7, 11) is -3.67. The summed E-state index contributed by atoms with van der Waals surface area (Å²) in [6.07, 6.45) is 1.63. The average molecular weight is 468 g/mol. The lowest BCUT2D eigenvalue weighted by Gasteiger charge is -2.16. The van der Waals surface area contributed by atoms with Gasteiger partial charge in [-0.25, -0.2) is 8.42 Å². The molecule has 0 atom stereocenters. The van der Waals surface area contributed by atoms with Gasteiger partial charge in [0.05, 0.1) is 36.2 Å². The van der Waals surface area contributed by atoms with Crippen molar-refractivity contribution in [2.75, 3.05) is 18.4 Å². The van der Waals surface area contributed by atoms with Crippen LogP contribution in [0.15, 0.2) is 35.2 Å². The summed E-state index contributed by atoms with van der Waals surface area (Å²) >= 11 is 24.0. The molecule has 1 fully saturated rings. The highest BCUT2D eigenvalue weighted by Crippen LogP contribution is 2.33. The SMILES string of the molecule is O=C(Nc1cc(Cl)c(Cl)cc1Cl)c1cc(S(=O)(=O)N2CCCC2)ccc1Cl. The zero-order valence-electron chi connectivity index (χ0n) is 13.8. The van der Waals surface area contributed by atoms with E-state index in [-0.39, 0.29) is 36.2 Å². The van der Waals surface area contributed by atoms with Crippen LogP contribution in [-0.2, 0) is 10.0 Å². The Kier molecular flexibility index (Phi) is 6.25. The molecule has 0 aromatic heterocycles. The van der Waals surface area contributed by atoms with Crippen LogP contribution in [-0.4, -0.2) is 31.7 Å². The Labute approximate surface area is 177 Å². The van der Waals surface area contributed by atoms with Gasteiger partial charge in [0.1, 0.15) is 0 Å². The molecule has 0 aliphatic carbocycles. The Balaban J connectivity index is 1.92. The minimum absolute atomic E-state index is 0.0130. The van der Waals surface area contributed by atoms with Crippen LogP contribution in [0.25, 0.3) is 0 Å². The summed E-state index contributed by atoms with van der Waals surface area (Å²) in [5.41, 5.74) is 0.249. The minimum Gasteiger partial charge on any atom is -0.321 e. The van der Waals surface area contributed by atoms with Gasteiger partial charge >= 0.3 is 0 Å². The van der Waals surface area contributed by atoms with Gasteiger partial charge in [-0.2, -0.15) is 4.31 Å². The second-order valence-electron chi connectivity index (χ2n) is 5.95. The predicted molar refractivity (Wildman–Crippen MR) is 109 cm³/mol. The van der Waals surface area contributed by atoms with Crippen molar-refractivity contribution in [3.8, 4) is 0 Å². The van der Waals surface area contributed by atoms with E-state index < -0.39 is 15.9 Å². The Hall–Kier alpha value is -1.02. The fourth-order valence-electron chi connectivity index (χ4n) is 2.72. The highest BCUT2D eigenvalue weighted by atomic mass is 35.5. The van der Waals surface area contributed by atoms with Crippen molar-refractivity contribution in [1.82, 2.24) is 4.31 Å². The summed E-state index contributed by atoms with van der Waals surface area (Å²) in [4.78, 5) is 12.7. The first-order chi connectivity index (χ1) is 12.7. The van der Waals surface area contributed by atoms with Crippen LogP contribution < -0.4 is 5.32 Å². The monoisotopic (exact) mass is 466 g/mol. The van der Waals surface area contributed by atoms with E-state index in [1.807, 2.05) is 0 Å². The Morgan fingerprint density at radius 2 is 1.52 bits per heavy atom. The van der Waals surface area contributed by atoms with Crippen LogP contribution in [0.4, 0.5) is 5.69 Å². The van der Waals surface area contributed by atoms with Gasteiger partial charge in [0.2, 0.25) is 10.0 Å². The van der Waals surface area contributed by atoms with Gasteiger partial charge < -0.3 is 5.32 Å². The summed E-state index contributed by atoms with van der Waals surface area (Å²) in [6, 6.07) is 6.84. The highest BCUT2D eigenvalue weighted by Gasteiger charge is 2.28. The van der Waals surface area contributed by atoms with Gasteiger partial charge in [0, 0.05) is 13.1 Å². The first kappa shape index (κ1) is 20.7. The number of amides is 1. The van der Waals surface area contributed by atoms with Gasteiger partial charge in [-0.05, 0) is 43.2 Å². The molecular formula is C17H14Cl4N2O3S. The normalized spacial score (nSPS) is 15.1. The van der Waals surface area contributed by atoms with E-state index in [4.69, 9.17) is 46.4 Å². The lowest BCUT2D eigenvalue weighted by molar-refractivity contribution is 0.102. The number of carbonyl (C=O) groups excluding carboxylic acids is 1. The van der Waals surface area contributed by atoms with Gasteiger partial charge in [-0.1, -0.05) is 46.4 Å². The number of hydrogen-bond donors (Lipinski definition) is 1. The molecule has 1 heterocycles. The molecule has 1 aliphatic heterocycles. The number of nitrogens with zero attached hydrogens (tertiary/aromatic N) is 1. The molecule has 1 amide bonds. The molecule has 0 radical (unpaired) electrons. The Morgan fingerprint density at radius 1 is 0.889 bits per heavy atom. The molecule has 5 nitrogen and oxygen atoms in total. The van der Waals surface area contributed by atoms with Crippen LogP contribution in [0, 0.1) is 0 Å². The van der Waals surface area contributed by atoms with Crippen molar-refractivity contribution < 1.29 is 13.2 Å². The number of nitrogens with one attached hydrogen (secondary N) is 1. The fourth-order valence-corrected chi connectivity index (χ4v) is 5.07. The van der Waals surface area contributed by atoms with Crippen LogP contribution in [0.5, 0.6) is 0 Å². The topological polar surface area (TPSA) is 66.5 Å². The van der Waals surface area contributed by atoms with E-state index in [1.165, 1.54) is 34.6 Å². The van der Waals surface area contributed by atoms with Crippen molar-refractivity contribution in [1.29, 1.82) is 0 Å². The maximum atomic E-state index is 12.7. The molecule has 1 saturated heterocycles. The van der Waals surface area contributed by atoms with E-state index in [1.54, 1.807) is 0 Å². The highest BCUT2D eigenvalue weighted by molar-refractivity contribution is 7.89. The summed E-state index contributed by atoms with van der Waals surface area (Å²) in [5, 5.41) is 3.34. The molecule has 144 valence electrons. The molecule has 0 unspecified atom stereocenters. The minimum atomic E-state index is -3.67. The molecule has 1 N–H and O–H groups in total. The zero-order chi connectivity index (χ0) is 19.8. The number of halogens is 4. The van der Waals surface area contributed by atoms with E-state index in [0.717, 1.165) is 12.8 Å². The largest absolute Gasteiger partial charge is 0.321 e. The first-order valence-electron chi connectivity index (χ1n) is 7.96. The van der Waals surface area contributed by atoms with Gasteiger partial charge in [0.15, 0.2) is 0 Å². The van der Waals surface area contributed by atoms with Crippen LogP contribution in [0.1, 0.15) is 23.2 Å². The lowest BCUT2D eigenvalue weighted by Crippen LogP contribution is -2.28. The number of sulfonamides is 1. The zero-order valence-corrected chi connectivity index (χ0v) is 17.6. The van der Waals surface area contributed by atoms with Crippen molar-refractivity contribution in [3.05, 3.63) is 56.0 Å². The van der Waals surface area contributed by atoms with E-state index >= 15 is 0 Å². The summed E-state index contributed by atoms with van der Waals surface area (Å²) < 4.78 is 26.8. The molecule has 0 saturated carbocycles. The van der Waals surface area contributed by atoms with Crippen LogP contribution in [0.2, 0.25) is 20.1 Å². The van der Waals surface area contributed by atoms with E-state index in [0.29, 0.717) is 13.1 Å². The van der Waals surface area contributed by atoms with Crippen molar-refractivity contribution in [2.24, 2.45) is 0 Å². The van der Waals surface area contributed by atoms with Gasteiger partial charge in [-0.3, -0.25) is 4.79 Å². The summed E-state index contributed by atoms with van der Waals surface area (Å²) in [6.45, 7) is 0.927. The third-order valence-corrected chi connectivity index (χ3v) is 7.40. The standard InChI is InChI=1S/C17H14Cl4N2O3S/c18-12-4-3-10(27(25,26)23-5-1-2-6-23)7-11(12)17(24)22-16-9-14(20)13(19)8-15(16)21/h3-4,7-9H,1-2,5-6H2,(H,22,24). The second-order valence-corrected chi connectivity index (χ2v) is 9.52. The average Bonchev–Trinajstić information content (AvgIpc) is 3.15. The molecule has 0 bridgehead atoms.